The lowest BCUT2D eigenvalue weighted by Gasteiger charge is -2.48. The minimum Gasteiger partial charge on any atom is -0.256 e. The van der Waals surface area contributed by atoms with Gasteiger partial charge >= 0.3 is 0 Å². The van der Waals surface area contributed by atoms with Crippen molar-refractivity contribution in [2.75, 3.05) is 0 Å². The number of hydrogen-bond acceptors (Lipinski definition) is 1. The van der Waals surface area contributed by atoms with E-state index in [9.17, 15) is 0 Å². The van der Waals surface area contributed by atoms with Crippen LogP contribution in [-0.2, 0) is 0 Å². The maximum absolute atomic E-state index is 5.02. The van der Waals surface area contributed by atoms with E-state index in [-0.39, 0.29) is 0 Å². The monoisotopic (exact) mass is 391 g/mol. The molecule has 5 unspecified atom stereocenters. The number of aryl methyl sites for hydroxylation is 2. The van der Waals surface area contributed by atoms with Crippen LogP contribution < -0.4 is 0 Å². The zero-order valence-electron chi connectivity index (χ0n) is 18.0. The van der Waals surface area contributed by atoms with Gasteiger partial charge in [0.25, 0.3) is 0 Å². The molecule has 0 radical (unpaired) electrons. The van der Waals surface area contributed by atoms with Crippen molar-refractivity contribution in [3.63, 3.8) is 0 Å². The van der Waals surface area contributed by atoms with Crippen molar-refractivity contribution in [2.24, 2.45) is 17.3 Å². The van der Waals surface area contributed by atoms with Crippen molar-refractivity contribution < 1.29 is 0 Å². The van der Waals surface area contributed by atoms with Gasteiger partial charge in [0.15, 0.2) is 0 Å². The topological polar surface area (TPSA) is 12.9 Å². The Morgan fingerprint density at radius 2 is 1.43 bits per heavy atom. The van der Waals surface area contributed by atoms with Crippen LogP contribution in [0, 0.1) is 31.1 Å². The van der Waals surface area contributed by atoms with Crippen LogP contribution in [0.2, 0.25) is 0 Å². The van der Waals surface area contributed by atoms with Gasteiger partial charge in [-0.3, -0.25) is 4.98 Å². The lowest BCUT2D eigenvalue weighted by Crippen LogP contribution is -2.41. The zero-order valence-corrected chi connectivity index (χ0v) is 18.0. The molecule has 3 bridgehead atoms. The molecule has 3 aromatic rings. The van der Waals surface area contributed by atoms with Gasteiger partial charge in [-0.15, -0.1) is 0 Å². The Labute approximate surface area is 179 Å². The van der Waals surface area contributed by atoms with Crippen LogP contribution in [0.15, 0.2) is 54.7 Å². The second-order valence-corrected chi connectivity index (χ2v) is 10.7. The summed E-state index contributed by atoms with van der Waals surface area (Å²) in [7, 11) is 0. The summed E-state index contributed by atoms with van der Waals surface area (Å²) in [6.45, 7) is 4.43. The molecule has 7 rings (SSSR count). The number of hydrogen-bond donors (Lipinski definition) is 0. The van der Waals surface area contributed by atoms with Gasteiger partial charge in [-0.1, -0.05) is 36.4 Å². The molecule has 4 aliphatic carbocycles. The number of aromatic nitrogens is 1. The zero-order chi connectivity index (χ0) is 20.0. The average molecular weight is 392 g/mol. The van der Waals surface area contributed by atoms with E-state index >= 15 is 0 Å². The number of benzene rings is 2. The van der Waals surface area contributed by atoms with Crippen LogP contribution in [0.3, 0.4) is 0 Å². The van der Waals surface area contributed by atoms with Crippen molar-refractivity contribution >= 4 is 0 Å². The van der Waals surface area contributed by atoms with E-state index in [4.69, 9.17) is 4.98 Å². The third-order valence-corrected chi connectivity index (χ3v) is 9.36. The molecular formula is C29H29N. The van der Waals surface area contributed by atoms with Crippen LogP contribution in [0.1, 0.15) is 66.2 Å². The minimum atomic E-state index is 0.719. The fourth-order valence-corrected chi connectivity index (χ4v) is 8.08. The molecule has 2 aromatic carbocycles. The first-order chi connectivity index (χ1) is 14.6. The molecule has 4 aliphatic rings. The Kier molecular flexibility index (Phi) is 3.37. The molecule has 150 valence electrons. The fraction of sp³-hybridized carbons (Fsp3) is 0.414. The van der Waals surface area contributed by atoms with Gasteiger partial charge in [-0.2, -0.15) is 0 Å². The Morgan fingerprint density at radius 3 is 2.20 bits per heavy atom. The molecule has 3 saturated carbocycles. The fourth-order valence-electron chi connectivity index (χ4n) is 8.08. The quantitative estimate of drug-likeness (QED) is 0.443. The van der Waals surface area contributed by atoms with Gasteiger partial charge in [-0.25, -0.2) is 0 Å². The normalized spacial score (nSPS) is 32.5. The van der Waals surface area contributed by atoms with Crippen LogP contribution in [0.25, 0.3) is 22.4 Å². The average Bonchev–Trinajstić information content (AvgIpc) is 3.17. The Morgan fingerprint density at radius 1 is 0.767 bits per heavy atom. The second-order valence-electron chi connectivity index (χ2n) is 10.7. The Hall–Kier alpha value is -2.41. The van der Waals surface area contributed by atoms with Crippen LogP contribution >= 0.6 is 0 Å². The Balaban J connectivity index is 1.32. The molecule has 0 saturated heterocycles. The first-order valence-corrected chi connectivity index (χ1v) is 11.8. The van der Waals surface area contributed by atoms with E-state index in [1.165, 1.54) is 59.9 Å². The summed E-state index contributed by atoms with van der Waals surface area (Å²) in [5.41, 5.74) is 11.7. The predicted molar refractivity (Wildman–Crippen MR) is 123 cm³/mol. The maximum Gasteiger partial charge on any atom is 0.0705 e. The summed E-state index contributed by atoms with van der Waals surface area (Å²) in [6.07, 6.45) is 9.55. The summed E-state index contributed by atoms with van der Waals surface area (Å²) in [5.74, 6) is 3.61. The summed E-state index contributed by atoms with van der Waals surface area (Å²) >= 11 is 0. The molecule has 1 aromatic heterocycles. The van der Waals surface area contributed by atoms with Gasteiger partial charge < -0.3 is 0 Å². The number of fused-ring (bicyclic) bond motifs is 5. The molecule has 0 amide bonds. The first-order valence-electron chi connectivity index (χ1n) is 11.8. The Bertz CT molecular complexity index is 1170. The van der Waals surface area contributed by atoms with Crippen molar-refractivity contribution in [3.8, 4) is 22.4 Å². The van der Waals surface area contributed by atoms with E-state index in [1.54, 1.807) is 11.1 Å². The van der Waals surface area contributed by atoms with Crippen molar-refractivity contribution in [1.29, 1.82) is 0 Å². The number of pyridine rings is 1. The van der Waals surface area contributed by atoms with Crippen LogP contribution in [0.4, 0.5) is 0 Å². The van der Waals surface area contributed by atoms with Crippen LogP contribution in [-0.4, -0.2) is 4.98 Å². The second kappa shape index (κ2) is 5.84. The van der Waals surface area contributed by atoms with E-state index in [0.29, 0.717) is 0 Å². The summed E-state index contributed by atoms with van der Waals surface area (Å²) in [5, 5.41) is 0. The predicted octanol–water partition coefficient (Wildman–Crippen LogP) is 7.42. The molecule has 0 N–H and O–H groups in total. The smallest absolute Gasteiger partial charge is 0.0705 e. The highest BCUT2D eigenvalue weighted by Gasteiger charge is 2.65. The van der Waals surface area contributed by atoms with E-state index < -0.39 is 0 Å². The van der Waals surface area contributed by atoms with Crippen molar-refractivity contribution in [3.05, 3.63) is 77.0 Å². The van der Waals surface area contributed by atoms with Gasteiger partial charge in [0, 0.05) is 11.8 Å². The van der Waals surface area contributed by atoms with Gasteiger partial charge in [0.05, 0.1) is 5.69 Å². The molecular weight excluding hydrogens is 362 g/mol. The largest absolute Gasteiger partial charge is 0.256 e. The molecule has 3 fully saturated rings. The highest BCUT2D eigenvalue weighted by atomic mass is 14.7. The van der Waals surface area contributed by atoms with Crippen molar-refractivity contribution in [2.45, 2.75) is 57.8 Å². The molecule has 30 heavy (non-hydrogen) atoms. The van der Waals surface area contributed by atoms with Gasteiger partial charge in [0.1, 0.15) is 0 Å². The molecule has 1 spiro atoms. The molecule has 1 heteroatoms. The minimum absolute atomic E-state index is 0.719. The van der Waals surface area contributed by atoms with E-state index in [0.717, 1.165) is 34.8 Å². The highest BCUT2D eigenvalue weighted by Crippen LogP contribution is 2.75. The summed E-state index contributed by atoms with van der Waals surface area (Å²) in [4.78, 5) is 5.02. The summed E-state index contributed by atoms with van der Waals surface area (Å²) in [6, 6.07) is 18.1. The van der Waals surface area contributed by atoms with E-state index in [2.05, 4.69) is 68.6 Å². The lowest BCUT2D eigenvalue weighted by atomic mass is 9.56. The number of rotatable bonds is 2. The SMILES string of the molecule is Cc1cccc(C)c1-c1cccc(-c2cc3c(cn2)C2CC4CC5CC3CC45C2)c1. The third kappa shape index (κ3) is 2.16. The molecule has 0 aliphatic heterocycles. The van der Waals surface area contributed by atoms with Crippen molar-refractivity contribution in [1.82, 2.24) is 4.98 Å². The van der Waals surface area contributed by atoms with Gasteiger partial charge in [0.2, 0.25) is 0 Å². The number of nitrogens with zero attached hydrogens (tertiary/aromatic N) is 1. The highest BCUT2D eigenvalue weighted by molar-refractivity contribution is 5.76. The summed E-state index contributed by atoms with van der Waals surface area (Å²) < 4.78 is 0. The van der Waals surface area contributed by atoms with E-state index in [1.807, 2.05) is 0 Å². The lowest BCUT2D eigenvalue weighted by molar-refractivity contribution is 0.00322. The molecule has 1 nitrogen and oxygen atoms in total. The van der Waals surface area contributed by atoms with Gasteiger partial charge in [-0.05, 0) is 121 Å². The molecule has 5 atom stereocenters. The molecule has 1 heterocycles. The first kappa shape index (κ1) is 17.3. The van der Waals surface area contributed by atoms with Crippen LogP contribution in [0.5, 0.6) is 0 Å². The third-order valence-electron chi connectivity index (χ3n) is 9.36. The standard InChI is InChI=1S/C29H29N/c1-17-5-3-6-18(2)28(17)20-8-4-7-19(9-20)27-13-25-21-10-23-12-24-11-22(26(25)16-30-27)15-29(23,24)14-21/h3-9,13,16,21-24H,10-12,14-15H2,1-2H3. The maximum atomic E-state index is 5.02.